The fraction of sp³-hybridized carbons (Fsp3) is 0.500. The van der Waals surface area contributed by atoms with Gasteiger partial charge in [0.2, 0.25) is 11.7 Å². The van der Waals surface area contributed by atoms with Crippen LogP contribution in [0.3, 0.4) is 0 Å². The lowest BCUT2D eigenvalue weighted by Gasteiger charge is -2.16. The first-order valence-corrected chi connectivity index (χ1v) is 5.33. The van der Waals surface area contributed by atoms with Crippen molar-refractivity contribution in [1.82, 2.24) is 4.98 Å². The fourth-order valence-corrected chi connectivity index (χ4v) is 1.86. The van der Waals surface area contributed by atoms with Gasteiger partial charge in [0.1, 0.15) is 0 Å². The van der Waals surface area contributed by atoms with E-state index in [4.69, 9.17) is 4.74 Å². The molecule has 1 aromatic rings. The number of nitro groups is 1. The lowest BCUT2D eigenvalue weighted by molar-refractivity contribution is -0.384. The normalized spacial score (nSPS) is 23.2. The van der Waals surface area contributed by atoms with Crippen LogP contribution < -0.4 is 9.64 Å². The van der Waals surface area contributed by atoms with Gasteiger partial charge in [0, 0.05) is 25.2 Å². The number of aliphatic hydroxyl groups is 2. The summed E-state index contributed by atoms with van der Waals surface area (Å²) in [6, 6.07) is 2.68. The summed E-state index contributed by atoms with van der Waals surface area (Å²) in [5, 5.41) is 29.8. The molecule has 1 aromatic heterocycles. The van der Waals surface area contributed by atoms with Gasteiger partial charge in [-0.05, 0) is 0 Å². The van der Waals surface area contributed by atoms with Crippen molar-refractivity contribution in [2.75, 3.05) is 25.1 Å². The Morgan fingerprint density at radius 3 is 2.56 bits per heavy atom. The van der Waals surface area contributed by atoms with Gasteiger partial charge in [-0.1, -0.05) is 0 Å². The number of ether oxygens (including phenoxy) is 1. The van der Waals surface area contributed by atoms with E-state index in [1.807, 2.05) is 0 Å². The van der Waals surface area contributed by atoms with E-state index in [1.165, 1.54) is 24.1 Å². The van der Waals surface area contributed by atoms with Gasteiger partial charge in [0.25, 0.3) is 0 Å². The maximum absolute atomic E-state index is 10.9. The maximum atomic E-state index is 10.9. The topological polar surface area (TPSA) is 109 Å². The summed E-state index contributed by atoms with van der Waals surface area (Å²) in [6.07, 6.45) is -1.87. The molecule has 1 aliphatic heterocycles. The summed E-state index contributed by atoms with van der Waals surface area (Å²) in [5.74, 6) is 0.335. The Bertz CT molecular complexity index is 457. The second kappa shape index (κ2) is 4.75. The molecule has 2 unspecified atom stereocenters. The molecule has 2 N–H and O–H groups in total. The predicted octanol–water partition coefficient (Wildman–Crippen LogP) is -0.460. The minimum absolute atomic E-state index is 0.0925. The number of pyridine rings is 1. The minimum Gasteiger partial charge on any atom is -0.481 e. The van der Waals surface area contributed by atoms with Crippen LogP contribution in [-0.4, -0.2) is 52.5 Å². The van der Waals surface area contributed by atoms with Crippen molar-refractivity contribution in [1.29, 1.82) is 0 Å². The average molecular weight is 255 g/mol. The van der Waals surface area contributed by atoms with Crippen molar-refractivity contribution in [2.45, 2.75) is 12.2 Å². The summed E-state index contributed by atoms with van der Waals surface area (Å²) in [7, 11) is 1.41. The molecule has 0 aromatic carbocycles. The van der Waals surface area contributed by atoms with Gasteiger partial charge in [0.15, 0.2) is 0 Å². The predicted molar refractivity (Wildman–Crippen MR) is 61.7 cm³/mol. The number of hydrogen-bond donors (Lipinski definition) is 2. The molecule has 1 fully saturated rings. The van der Waals surface area contributed by atoms with Crippen molar-refractivity contribution in [2.24, 2.45) is 0 Å². The van der Waals surface area contributed by atoms with Crippen LogP contribution in [0.15, 0.2) is 12.1 Å². The van der Waals surface area contributed by atoms with Crippen LogP contribution in [0, 0.1) is 10.1 Å². The zero-order valence-corrected chi connectivity index (χ0v) is 9.68. The number of rotatable bonds is 3. The third-order valence-corrected chi connectivity index (χ3v) is 2.79. The van der Waals surface area contributed by atoms with Crippen molar-refractivity contribution in [3.05, 3.63) is 22.2 Å². The van der Waals surface area contributed by atoms with Gasteiger partial charge in [-0.25, -0.2) is 0 Å². The Hall–Kier alpha value is -1.93. The van der Waals surface area contributed by atoms with Gasteiger partial charge in [-0.2, -0.15) is 4.98 Å². The first kappa shape index (κ1) is 12.5. The van der Waals surface area contributed by atoms with Crippen LogP contribution >= 0.6 is 0 Å². The van der Waals surface area contributed by atoms with E-state index in [1.54, 1.807) is 0 Å². The first-order chi connectivity index (χ1) is 8.52. The second-order valence-corrected chi connectivity index (χ2v) is 3.99. The molecular formula is C10H13N3O5. The van der Waals surface area contributed by atoms with Crippen LogP contribution in [0.1, 0.15) is 0 Å². The number of methoxy groups -OCH3 is 1. The van der Waals surface area contributed by atoms with E-state index in [0.29, 0.717) is 0 Å². The van der Waals surface area contributed by atoms with Crippen LogP contribution in [-0.2, 0) is 0 Å². The molecule has 2 atom stereocenters. The number of anilines is 1. The molecule has 1 saturated heterocycles. The summed E-state index contributed by atoms with van der Waals surface area (Å²) in [4.78, 5) is 15.8. The van der Waals surface area contributed by atoms with Gasteiger partial charge in [-0.15, -0.1) is 0 Å². The highest BCUT2D eigenvalue weighted by molar-refractivity contribution is 5.59. The third-order valence-electron chi connectivity index (χ3n) is 2.79. The van der Waals surface area contributed by atoms with E-state index in [-0.39, 0.29) is 30.5 Å². The summed E-state index contributed by atoms with van der Waals surface area (Å²) in [6.45, 7) is 0.199. The van der Waals surface area contributed by atoms with Crippen molar-refractivity contribution >= 4 is 11.5 Å². The van der Waals surface area contributed by atoms with Crippen LogP contribution in [0.2, 0.25) is 0 Å². The van der Waals surface area contributed by atoms with Crippen molar-refractivity contribution in [3.63, 3.8) is 0 Å². The van der Waals surface area contributed by atoms with Crippen LogP contribution in [0.5, 0.6) is 5.88 Å². The van der Waals surface area contributed by atoms with E-state index in [9.17, 15) is 20.3 Å². The summed E-state index contributed by atoms with van der Waals surface area (Å²) >= 11 is 0. The van der Waals surface area contributed by atoms with Crippen LogP contribution in [0.25, 0.3) is 0 Å². The van der Waals surface area contributed by atoms with E-state index < -0.39 is 17.1 Å². The lowest BCUT2D eigenvalue weighted by Crippen LogP contribution is -2.23. The SMILES string of the molecule is COc1ccc([N+](=O)[O-])c(N2CC(O)C(O)C2)n1. The molecule has 0 radical (unpaired) electrons. The zero-order valence-electron chi connectivity index (χ0n) is 9.68. The Morgan fingerprint density at radius 2 is 2.06 bits per heavy atom. The van der Waals surface area contributed by atoms with Gasteiger partial charge in [0.05, 0.1) is 24.2 Å². The average Bonchev–Trinajstić information content (AvgIpc) is 2.68. The Morgan fingerprint density at radius 1 is 1.44 bits per heavy atom. The monoisotopic (exact) mass is 255 g/mol. The molecule has 2 rings (SSSR count). The third kappa shape index (κ3) is 2.20. The zero-order chi connectivity index (χ0) is 13.3. The Kier molecular flexibility index (Phi) is 3.30. The summed E-state index contributed by atoms with van der Waals surface area (Å²) < 4.78 is 4.92. The molecular weight excluding hydrogens is 242 g/mol. The first-order valence-electron chi connectivity index (χ1n) is 5.33. The quantitative estimate of drug-likeness (QED) is 0.555. The number of aromatic nitrogens is 1. The standard InChI is InChI=1S/C10H13N3O5/c1-18-9-3-2-6(13(16)17)10(11-9)12-4-7(14)8(15)5-12/h2-3,7-8,14-15H,4-5H2,1H3. The lowest BCUT2D eigenvalue weighted by atomic mass is 10.3. The van der Waals surface area contributed by atoms with E-state index >= 15 is 0 Å². The summed E-state index contributed by atoms with van der Waals surface area (Å²) in [5.41, 5.74) is -0.183. The highest BCUT2D eigenvalue weighted by Crippen LogP contribution is 2.30. The molecule has 0 aliphatic carbocycles. The highest BCUT2D eigenvalue weighted by Gasteiger charge is 2.34. The van der Waals surface area contributed by atoms with E-state index in [0.717, 1.165) is 0 Å². The van der Waals surface area contributed by atoms with Crippen LogP contribution in [0.4, 0.5) is 11.5 Å². The second-order valence-electron chi connectivity index (χ2n) is 3.99. The number of β-amino-alcohol motifs (C(OH)–C–C–N with tert-alkyl or cyclic N) is 2. The molecule has 0 spiro atoms. The van der Waals surface area contributed by atoms with E-state index in [2.05, 4.69) is 4.98 Å². The number of hydrogen-bond acceptors (Lipinski definition) is 7. The number of nitrogens with zero attached hydrogens (tertiary/aromatic N) is 3. The molecule has 0 saturated carbocycles. The van der Waals surface area contributed by atoms with Gasteiger partial charge >= 0.3 is 5.69 Å². The molecule has 0 amide bonds. The number of aliphatic hydroxyl groups excluding tert-OH is 2. The largest absolute Gasteiger partial charge is 0.481 e. The molecule has 18 heavy (non-hydrogen) atoms. The van der Waals surface area contributed by atoms with Crippen molar-refractivity contribution < 1.29 is 19.9 Å². The maximum Gasteiger partial charge on any atom is 0.311 e. The highest BCUT2D eigenvalue weighted by atomic mass is 16.6. The fourth-order valence-electron chi connectivity index (χ4n) is 1.86. The molecule has 8 heteroatoms. The Labute approximate surface area is 103 Å². The van der Waals surface area contributed by atoms with Gasteiger partial charge < -0.3 is 19.8 Å². The Balaban J connectivity index is 2.38. The molecule has 98 valence electrons. The molecule has 2 heterocycles. The molecule has 0 bridgehead atoms. The van der Waals surface area contributed by atoms with Gasteiger partial charge in [-0.3, -0.25) is 10.1 Å². The van der Waals surface area contributed by atoms with Crippen molar-refractivity contribution in [3.8, 4) is 5.88 Å². The molecule has 8 nitrogen and oxygen atoms in total. The smallest absolute Gasteiger partial charge is 0.311 e. The minimum atomic E-state index is -0.933. The molecule has 1 aliphatic rings.